The summed E-state index contributed by atoms with van der Waals surface area (Å²) < 4.78 is 10.2. The Balaban J connectivity index is 2.57. The second-order valence-corrected chi connectivity index (χ2v) is 3.51. The van der Waals surface area contributed by atoms with E-state index >= 15 is 0 Å². The molecule has 13 heavy (non-hydrogen) atoms. The molecule has 0 amide bonds. The molecular formula is C9H17NO3. The van der Waals surface area contributed by atoms with Crippen molar-refractivity contribution in [3.63, 3.8) is 0 Å². The number of carbonyl (C=O) groups excluding carboxylic acids is 1. The highest BCUT2D eigenvalue weighted by Crippen LogP contribution is 2.23. The molecular weight excluding hydrogens is 170 g/mol. The summed E-state index contributed by atoms with van der Waals surface area (Å²) in [5, 5.41) is 0. The minimum Gasteiger partial charge on any atom is -0.465 e. The quantitative estimate of drug-likeness (QED) is 0.637. The van der Waals surface area contributed by atoms with E-state index in [9.17, 15) is 4.79 Å². The highest BCUT2D eigenvalue weighted by Gasteiger charge is 2.39. The van der Waals surface area contributed by atoms with E-state index < -0.39 is 5.54 Å². The van der Waals surface area contributed by atoms with Gasteiger partial charge in [-0.3, -0.25) is 4.79 Å². The summed E-state index contributed by atoms with van der Waals surface area (Å²) in [6.07, 6.45) is 1.14. The van der Waals surface area contributed by atoms with Gasteiger partial charge in [-0.15, -0.1) is 0 Å². The molecule has 0 aromatic heterocycles. The van der Waals surface area contributed by atoms with Crippen molar-refractivity contribution in [2.45, 2.75) is 38.3 Å². The molecule has 4 nitrogen and oxygen atoms in total. The lowest BCUT2D eigenvalue weighted by atomic mass is 9.88. The van der Waals surface area contributed by atoms with E-state index in [1.807, 2.05) is 6.92 Å². The summed E-state index contributed by atoms with van der Waals surface area (Å²) >= 11 is 0. The maximum atomic E-state index is 11.5. The summed E-state index contributed by atoms with van der Waals surface area (Å²) in [5.74, 6) is -0.301. The zero-order valence-electron chi connectivity index (χ0n) is 8.21. The molecule has 1 saturated heterocycles. The van der Waals surface area contributed by atoms with Crippen molar-refractivity contribution in [2.24, 2.45) is 5.73 Å². The Hall–Kier alpha value is -0.610. The summed E-state index contributed by atoms with van der Waals surface area (Å²) in [6.45, 7) is 4.62. The van der Waals surface area contributed by atoms with E-state index in [4.69, 9.17) is 15.2 Å². The zero-order valence-corrected chi connectivity index (χ0v) is 8.21. The van der Waals surface area contributed by atoms with Crippen LogP contribution in [0.1, 0.15) is 26.7 Å². The average molecular weight is 187 g/mol. The fourth-order valence-electron chi connectivity index (χ4n) is 1.58. The summed E-state index contributed by atoms with van der Waals surface area (Å²) in [4.78, 5) is 11.5. The van der Waals surface area contributed by atoms with Crippen LogP contribution in [0.5, 0.6) is 0 Å². The Bertz CT molecular complexity index is 195. The smallest absolute Gasteiger partial charge is 0.326 e. The summed E-state index contributed by atoms with van der Waals surface area (Å²) in [6, 6.07) is 0. The van der Waals surface area contributed by atoms with Gasteiger partial charge in [0.2, 0.25) is 0 Å². The predicted octanol–water partition coefficient (Wildman–Crippen LogP) is 0.446. The van der Waals surface area contributed by atoms with Crippen LogP contribution < -0.4 is 5.73 Å². The maximum Gasteiger partial charge on any atom is 0.326 e. The van der Waals surface area contributed by atoms with Gasteiger partial charge in [0.15, 0.2) is 0 Å². The van der Waals surface area contributed by atoms with Gasteiger partial charge in [-0.1, -0.05) is 0 Å². The summed E-state index contributed by atoms with van der Waals surface area (Å²) in [5.41, 5.74) is 5.10. The fraction of sp³-hybridized carbons (Fsp3) is 0.889. The lowest BCUT2D eigenvalue weighted by molar-refractivity contribution is -0.155. The predicted molar refractivity (Wildman–Crippen MR) is 48.2 cm³/mol. The van der Waals surface area contributed by atoms with Crippen LogP contribution in [0.25, 0.3) is 0 Å². The van der Waals surface area contributed by atoms with E-state index in [0.717, 1.165) is 0 Å². The molecule has 4 heteroatoms. The third kappa shape index (κ3) is 2.42. The third-order valence-corrected chi connectivity index (χ3v) is 2.28. The van der Waals surface area contributed by atoms with Gasteiger partial charge >= 0.3 is 5.97 Å². The molecule has 1 aliphatic rings. The Morgan fingerprint density at radius 3 is 3.00 bits per heavy atom. The number of ether oxygens (including phenoxy) is 2. The Labute approximate surface area is 78.4 Å². The van der Waals surface area contributed by atoms with Crippen molar-refractivity contribution in [3.8, 4) is 0 Å². The van der Waals surface area contributed by atoms with Crippen LogP contribution in [0.2, 0.25) is 0 Å². The fourth-order valence-corrected chi connectivity index (χ4v) is 1.58. The third-order valence-electron chi connectivity index (χ3n) is 2.28. The number of nitrogens with two attached hydrogens (primary N) is 1. The van der Waals surface area contributed by atoms with Crippen LogP contribution in [-0.4, -0.2) is 30.8 Å². The van der Waals surface area contributed by atoms with Gasteiger partial charge in [0, 0.05) is 13.0 Å². The molecule has 2 atom stereocenters. The monoisotopic (exact) mass is 187 g/mol. The van der Waals surface area contributed by atoms with Crippen molar-refractivity contribution < 1.29 is 14.3 Å². The first-order valence-corrected chi connectivity index (χ1v) is 4.66. The van der Waals surface area contributed by atoms with Crippen LogP contribution in [-0.2, 0) is 14.3 Å². The van der Waals surface area contributed by atoms with Gasteiger partial charge in [0.25, 0.3) is 0 Å². The molecule has 0 aromatic carbocycles. The summed E-state index contributed by atoms with van der Waals surface area (Å²) in [7, 11) is 0. The topological polar surface area (TPSA) is 61.5 Å². The minimum atomic E-state index is -0.826. The van der Waals surface area contributed by atoms with E-state index in [1.54, 1.807) is 6.92 Å². The second kappa shape index (κ2) is 4.07. The van der Waals surface area contributed by atoms with E-state index in [1.165, 1.54) is 0 Å². The molecule has 0 spiro atoms. The zero-order chi connectivity index (χ0) is 9.90. The SMILES string of the molecule is CCOC(=O)C1(N)CCOC(C)C1. The molecule has 1 fully saturated rings. The first kappa shape index (κ1) is 10.5. The van der Waals surface area contributed by atoms with E-state index in [0.29, 0.717) is 26.1 Å². The van der Waals surface area contributed by atoms with Crippen molar-refractivity contribution in [1.29, 1.82) is 0 Å². The van der Waals surface area contributed by atoms with E-state index in [-0.39, 0.29) is 12.1 Å². The van der Waals surface area contributed by atoms with Crippen molar-refractivity contribution in [2.75, 3.05) is 13.2 Å². The van der Waals surface area contributed by atoms with Crippen molar-refractivity contribution in [1.82, 2.24) is 0 Å². The van der Waals surface area contributed by atoms with Crippen LogP contribution in [0, 0.1) is 0 Å². The van der Waals surface area contributed by atoms with Gasteiger partial charge in [-0.2, -0.15) is 0 Å². The molecule has 76 valence electrons. The second-order valence-electron chi connectivity index (χ2n) is 3.51. The number of hydrogen-bond acceptors (Lipinski definition) is 4. The Morgan fingerprint density at radius 2 is 2.46 bits per heavy atom. The molecule has 0 radical (unpaired) electrons. The Morgan fingerprint density at radius 1 is 1.77 bits per heavy atom. The van der Waals surface area contributed by atoms with Crippen LogP contribution >= 0.6 is 0 Å². The van der Waals surface area contributed by atoms with Gasteiger partial charge in [-0.05, 0) is 20.3 Å². The molecule has 0 bridgehead atoms. The van der Waals surface area contributed by atoms with Gasteiger partial charge in [0.1, 0.15) is 5.54 Å². The van der Waals surface area contributed by atoms with Gasteiger partial charge < -0.3 is 15.2 Å². The lowest BCUT2D eigenvalue weighted by Gasteiger charge is -2.34. The molecule has 2 unspecified atom stereocenters. The number of hydrogen-bond donors (Lipinski definition) is 1. The highest BCUT2D eigenvalue weighted by molar-refractivity contribution is 5.80. The molecule has 1 rings (SSSR count). The van der Waals surface area contributed by atoms with Crippen LogP contribution in [0.4, 0.5) is 0 Å². The maximum absolute atomic E-state index is 11.5. The number of rotatable bonds is 2. The number of esters is 1. The molecule has 2 N–H and O–H groups in total. The van der Waals surface area contributed by atoms with Crippen molar-refractivity contribution >= 4 is 5.97 Å². The highest BCUT2D eigenvalue weighted by atomic mass is 16.5. The Kier molecular flexibility index (Phi) is 3.27. The molecule has 0 aliphatic carbocycles. The van der Waals surface area contributed by atoms with Crippen molar-refractivity contribution in [3.05, 3.63) is 0 Å². The molecule has 1 heterocycles. The molecule has 0 saturated carbocycles. The van der Waals surface area contributed by atoms with Gasteiger partial charge in [0.05, 0.1) is 12.7 Å². The molecule has 1 aliphatic heterocycles. The number of carbonyl (C=O) groups is 1. The largest absolute Gasteiger partial charge is 0.465 e. The normalized spacial score (nSPS) is 34.2. The first-order chi connectivity index (χ1) is 6.08. The first-order valence-electron chi connectivity index (χ1n) is 4.66. The van der Waals surface area contributed by atoms with E-state index in [2.05, 4.69) is 0 Å². The standard InChI is InChI=1S/C9H17NO3/c1-3-12-8(11)9(10)4-5-13-7(2)6-9/h7H,3-6,10H2,1-2H3. The van der Waals surface area contributed by atoms with Crippen LogP contribution in [0.3, 0.4) is 0 Å². The minimum absolute atomic E-state index is 0.0446. The average Bonchev–Trinajstić information content (AvgIpc) is 2.04. The lowest BCUT2D eigenvalue weighted by Crippen LogP contribution is -2.54. The van der Waals surface area contributed by atoms with Gasteiger partial charge in [-0.25, -0.2) is 0 Å². The van der Waals surface area contributed by atoms with Crippen LogP contribution in [0.15, 0.2) is 0 Å². The molecule has 0 aromatic rings.